The van der Waals surface area contributed by atoms with Crippen molar-refractivity contribution in [2.75, 3.05) is 19.0 Å². The molecule has 0 atom stereocenters. The van der Waals surface area contributed by atoms with E-state index in [4.69, 9.17) is 4.74 Å². The number of nitrogens with one attached hydrogen (secondary N) is 1. The molecule has 0 spiro atoms. The molecule has 0 aromatic carbocycles. The Morgan fingerprint density at radius 3 is 2.85 bits per heavy atom. The molecule has 20 heavy (non-hydrogen) atoms. The Morgan fingerprint density at radius 2 is 2.20 bits per heavy atom. The van der Waals surface area contributed by atoms with Gasteiger partial charge in [0, 0.05) is 19.6 Å². The van der Waals surface area contributed by atoms with E-state index >= 15 is 0 Å². The molecule has 2 fully saturated rings. The molecule has 4 rings (SSSR count). The maximum atomic E-state index is 5.62. The van der Waals surface area contributed by atoms with Crippen LogP contribution in [-0.4, -0.2) is 39.1 Å². The fourth-order valence-electron chi connectivity index (χ4n) is 2.77. The molecule has 2 aliphatic carbocycles. The molecule has 6 nitrogen and oxygen atoms in total. The van der Waals surface area contributed by atoms with E-state index in [-0.39, 0.29) is 5.60 Å². The van der Waals surface area contributed by atoms with Crippen LogP contribution in [0.4, 0.5) is 5.82 Å². The summed E-state index contributed by atoms with van der Waals surface area (Å²) in [4.78, 5) is 0. The van der Waals surface area contributed by atoms with Crippen molar-refractivity contribution in [3.05, 3.63) is 18.0 Å². The van der Waals surface area contributed by atoms with Gasteiger partial charge in [-0.3, -0.25) is 0 Å². The van der Waals surface area contributed by atoms with Crippen LogP contribution >= 0.6 is 0 Å². The highest BCUT2D eigenvalue weighted by Crippen LogP contribution is 2.39. The molecule has 1 N–H and O–H groups in total. The molecule has 0 unspecified atom stereocenters. The van der Waals surface area contributed by atoms with Crippen molar-refractivity contribution < 1.29 is 4.74 Å². The zero-order valence-corrected chi connectivity index (χ0v) is 11.7. The van der Waals surface area contributed by atoms with E-state index < -0.39 is 0 Å². The van der Waals surface area contributed by atoms with E-state index in [2.05, 4.69) is 20.6 Å². The van der Waals surface area contributed by atoms with Gasteiger partial charge in [-0.2, -0.15) is 4.52 Å². The topological polar surface area (TPSA) is 64.3 Å². The molecule has 2 heterocycles. The average molecular weight is 273 g/mol. The summed E-state index contributed by atoms with van der Waals surface area (Å²) in [7, 11) is 1.79. The Balaban J connectivity index is 1.55. The summed E-state index contributed by atoms with van der Waals surface area (Å²) in [6.07, 6.45) is 5.90. The van der Waals surface area contributed by atoms with E-state index in [1.54, 1.807) is 7.11 Å². The number of aromatic nitrogens is 4. The maximum Gasteiger partial charge on any atom is 0.178 e. The SMILES string of the molecule is COC1(CNc2ccc3nnc(C4CC4)n3n2)CCC1. The maximum absolute atomic E-state index is 5.62. The normalized spacial score (nSPS) is 20.9. The first kappa shape index (κ1) is 12.1. The summed E-state index contributed by atoms with van der Waals surface area (Å²) in [6.45, 7) is 0.808. The van der Waals surface area contributed by atoms with Crippen LogP contribution in [0, 0.1) is 0 Å². The number of fused-ring (bicyclic) bond motifs is 1. The van der Waals surface area contributed by atoms with Crippen molar-refractivity contribution in [1.82, 2.24) is 19.8 Å². The number of anilines is 1. The molecule has 0 aliphatic heterocycles. The van der Waals surface area contributed by atoms with Gasteiger partial charge in [0.25, 0.3) is 0 Å². The quantitative estimate of drug-likeness (QED) is 0.902. The van der Waals surface area contributed by atoms with Crippen LogP contribution in [0.1, 0.15) is 43.8 Å². The van der Waals surface area contributed by atoms with Crippen molar-refractivity contribution in [2.24, 2.45) is 0 Å². The average Bonchev–Trinajstić information content (AvgIpc) is 3.18. The highest BCUT2D eigenvalue weighted by atomic mass is 16.5. The summed E-state index contributed by atoms with van der Waals surface area (Å²) in [5.74, 6) is 2.40. The Morgan fingerprint density at radius 1 is 1.35 bits per heavy atom. The van der Waals surface area contributed by atoms with Crippen LogP contribution in [0.5, 0.6) is 0 Å². The first-order valence-electron chi connectivity index (χ1n) is 7.31. The van der Waals surface area contributed by atoms with Gasteiger partial charge in [-0.25, -0.2) is 0 Å². The molecular formula is C14H19N5O. The number of hydrogen-bond donors (Lipinski definition) is 1. The highest BCUT2D eigenvalue weighted by molar-refractivity contribution is 5.44. The summed E-state index contributed by atoms with van der Waals surface area (Å²) < 4.78 is 7.49. The van der Waals surface area contributed by atoms with Gasteiger partial charge in [0.15, 0.2) is 11.5 Å². The Kier molecular flexibility index (Phi) is 2.66. The van der Waals surface area contributed by atoms with Gasteiger partial charge in [0.1, 0.15) is 5.82 Å². The zero-order valence-electron chi connectivity index (χ0n) is 11.7. The van der Waals surface area contributed by atoms with E-state index in [0.29, 0.717) is 5.92 Å². The lowest BCUT2D eigenvalue weighted by atomic mass is 9.80. The van der Waals surface area contributed by atoms with Crippen LogP contribution < -0.4 is 5.32 Å². The summed E-state index contributed by atoms with van der Waals surface area (Å²) >= 11 is 0. The van der Waals surface area contributed by atoms with E-state index in [9.17, 15) is 0 Å². The van der Waals surface area contributed by atoms with Crippen LogP contribution in [0.15, 0.2) is 12.1 Å². The molecule has 0 saturated heterocycles. The standard InChI is InChI=1S/C14H19N5O/c1-20-14(7-2-8-14)9-15-11-5-6-12-16-17-13(10-3-4-10)19(12)18-11/h5-6,10H,2-4,7-9H2,1H3,(H,15,18). The van der Waals surface area contributed by atoms with Crippen molar-refractivity contribution in [3.8, 4) is 0 Å². The zero-order chi connectivity index (χ0) is 13.6. The second-order valence-electron chi connectivity index (χ2n) is 5.92. The molecule has 2 aromatic heterocycles. The third-order valence-corrected chi connectivity index (χ3v) is 4.52. The number of ether oxygens (including phenoxy) is 1. The van der Waals surface area contributed by atoms with Crippen molar-refractivity contribution in [3.63, 3.8) is 0 Å². The lowest BCUT2D eigenvalue weighted by Crippen LogP contribution is -2.45. The van der Waals surface area contributed by atoms with Gasteiger partial charge < -0.3 is 10.1 Å². The van der Waals surface area contributed by atoms with Crippen molar-refractivity contribution >= 4 is 11.5 Å². The molecule has 2 saturated carbocycles. The van der Waals surface area contributed by atoms with E-state index in [0.717, 1.165) is 36.7 Å². The van der Waals surface area contributed by atoms with Crippen LogP contribution in [0.3, 0.4) is 0 Å². The van der Waals surface area contributed by atoms with Crippen LogP contribution in [-0.2, 0) is 4.74 Å². The van der Waals surface area contributed by atoms with Gasteiger partial charge in [-0.15, -0.1) is 15.3 Å². The first-order valence-corrected chi connectivity index (χ1v) is 7.31. The molecule has 106 valence electrons. The minimum absolute atomic E-state index is 0.00312. The second-order valence-corrected chi connectivity index (χ2v) is 5.92. The lowest BCUT2D eigenvalue weighted by Gasteiger charge is -2.40. The predicted molar refractivity (Wildman–Crippen MR) is 74.8 cm³/mol. The summed E-state index contributed by atoms with van der Waals surface area (Å²) in [5, 5.41) is 16.4. The smallest absolute Gasteiger partial charge is 0.178 e. The number of nitrogens with zero attached hydrogens (tertiary/aromatic N) is 4. The fourth-order valence-corrected chi connectivity index (χ4v) is 2.77. The highest BCUT2D eigenvalue weighted by Gasteiger charge is 2.36. The molecule has 0 bridgehead atoms. The molecular weight excluding hydrogens is 254 g/mol. The van der Waals surface area contributed by atoms with Gasteiger partial charge in [-0.05, 0) is 44.2 Å². The third-order valence-electron chi connectivity index (χ3n) is 4.52. The van der Waals surface area contributed by atoms with E-state index in [1.165, 1.54) is 19.3 Å². The Hall–Kier alpha value is -1.69. The number of methoxy groups -OCH3 is 1. The minimum atomic E-state index is 0.00312. The molecule has 2 aliphatic rings. The fraction of sp³-hybridized carbons (Fsp3) is 0.643. The number of rotatable bonds is 5. The molecule has 2 aromatic rings. The minimum Gasteiger partial charge on any atom is -0.376 e. The van der Waals surface area contributed by atoms with Gasteiger partial charge in [-0.1, -0.05) is 0 Å². The molecule has 0 radical (unpaired) electrons. The van der Waals surface area contributed by atoms with Gasteiger partial charge in [0.2, 0.25) is 0 Å². The van der Waals surface area contributed by atoms with E-state index in [1.807, 2.05) is 16.6 Å². The van der Waals surface area contributed by atoms with Crippen molar-refractivity contribution in [1.29, 1.82) is 0 Å². The van der Waals surface area contributed by atoms with Crippen molar-refractivity contribution in [2.45, 2.75) is 43.6 Å². The summed E-state index contributed by atoms with van der Waals surface area (Å²) in [5.41, 5.74) is 0.825. The Bertz CT molecular complexity index is 624. The van der Waals surface area contributed by atoms with Crippen LogP contribution in [0.25, 0.3) is 5.65 Å². The first-order chi connectivity index (χ1) is 9.80. The molecule has 0 amide bonds. The molecule has 6 heteroatoms. The van der Waals surface area contributed by atoms with Gasteiger partial charge >= 0.3 is 0 Å². The summed E-state index contributed by atoms with van der Waals surface area (Å²) in [6, 6.07) is 3.93. The largest absolute Gasteiger partial charge is 0.376 e. The second kappa shape index (κ2) is 4.41. The van der Waals surface area contributed by atoms with Gasteiger partial charge in [0.05, 0.1) is 5.60 Å². The number of hydrogen-bond acceptors (Lipinski definition) is 5. The van der Waals surface area contributed by atoms with Crippen LogP contribution in [0.2, 0.25) is 0 Å². The predicted octanol–water partition coefficient (Wildman–Crippen LogP) is 1.98. The monoisotopic (exact) mass is 273 g/mol. The third kappa shape index (κ3) is 1.95. The Labute approximate surface area is 117 Å². The lowest BCUT2D eigenvalue weighted by molar-refractivity contribution is -0.0601.